The molecule has 1 unspecified atom stereocenters. The van der Waals surface area contributed by atoms with E-state index in [0.717, 1.165) is 4.47 Å². The molecule has 6 nitrogen and oxygen atoms in total. The van der Waals surface area contributed by atoms with Gasteiger partial charge in [-0.3, -0.25) is 14.7 Å². The zero-order valence-corrected chi connectivity index (χ0v) is 16.1. The molecule has 0 aliphatic heterocycles. The number of halogens is 2. The van der Waals surface area contributed by atoms with Crippen LogP contribution in [0.2, 0.25) is 5.02 Å². The molecule has 24 heavy (non-hydrogen) atoms. The van der Waals surface area contributed by atoms with E-state index in [4.69, 9.17) is 20.9 Å². The van der Waals surface area contributed by atoms with E-state index in [0.29, 0.717) is 10.8 Å². The van der Waals surface area contributed by atoms with Crippen LogP contribution in [0.4, 0.5) is 5.69 Å². The van der Waals surface area contributed by atoms with E-state index < -0.39 is 12.3 Å². The molecule has 0 saturated heterocycles. The van der Waals surface area contributed by atoms with Gasteiger partial charge in [0.1, 0.15) is 16.8 Å². The highest BCUT2D eigenvalue weighted by Gasteiger charge is 2.31. The van der Waals surface area contributed by atoms with Gasteiger partial charge in [-0.1, -0.05) is 34.5 Å². The molecule has 0 aromatic heterocycles. The summed E-state index contributed by atoms with van der Waals surface area (Å²) in [7, 11) is -2.07. The van der Waals surface area contributed by atoms with Crippen LogP contribution in [0.1, 0.15) is 6.92 Å². The second-order valence-electron chi connectivity index (χ2n) is 4.76. The summed E-state index contributed by atoms with van der Waals surface area (Å²) in [6, 6.07) is 9.11. The Balaban J connectivity index is 2.50. The highest BCUT2D eigenvalue weighted by atomic mass is 79.9. The molecule has 0 aliphatic carbocycles. The SMILES string of the molecule is CCP(=O)(OC)c1cc(Oc2ccc(Br)cc2Cl)ccc1[N+](=O)[O-]. The summed E-state index contributed by atoms with van der Waals surface area (Å²) in [6.45, 7) is 1.65. The Kier molecular flexibility index (Phi) is 6.04. The van der Waals surface area contributed by atoms with Crippen molar-refractivity contribution in [3.05, 3.63) is 56.0 Å². The molecule has 0 heterocycles. The largest absolute Gasteiger partial charge is 0.456 e. The van der Waals surface area contributed by atoms with Gasteiger partial charge in [0.15, 0.2) is 0 Å². The van der Waals surface area contributed by atoms with Gasteiger partial charge in [0.05, 0.1) is 9.95 Å². The van der Waals surface area contributed by atoms with E-state index in [1.807, 2.05) is 0 Å². The van der Waals surface area contributed by atoms with Gasteiger partial charge in [-0.2, -0.15) is 0 Å². The molecular weight excluding hydrogens is 420 g/mol. The van der Waals surface area contributed by atoms with Crippen LogP contribution in [-0.4, -0.2) is 18.2 Å². The fourth-order valence-electron chi connectivity index (χ4n) is 2.08. The van der Waals surface area contributed by atoms with Crippen molar-refractivity contribution in [2.75, 3.05) is 13.3 Å². The van der Waals surface area contributed by atoms with E-state index in [-0.39, 0.29) is 22.9 Å². The molecule has 2 aromatic rings. The van der Waals surface area contributed by atoms with Crippen LogP contribution < -0.4 is 10.0 Å². The first-order chi connectivity index (χ1) is 11.3. The smallest absolute Gasteiger partial charge is 0.282 e. The monoisotopic (exact) mass is 433 g/mol. The average Bonchev–Trinajstić information content (AvgIpc) is 2.56. The number of nitrogens with zero attached hydrogens (tertiary/aromatic N) is 1. The topological polar surface area (TPSA) is 78.7 Å². The highest BCUT2D eigenvalue weighted by molar-refractivity contribution is 9.10. The molecule has 128 valence electrons. The Labute approximate surface area is 152 Å². The van der Waals surface area contributed by atoms with E-state index in [9.17, 15) is 14.7 Å². The zero-order chi connectivity index (χ0) is 17.9. The Hall–Kier alpha value is -1.40. The summed E-state index contributed by atoms with van der Waals surface area (Å²) >= 11 is 9.40. The van der Waals surface area contributed by atoms with Crippen LogP contribution in [0.3, 0.4) is 0 Å². The van der Waals surface area contributed by atoms with E-state index in [1.165, 1.54) is 25.3 Å². The van der Waals surface area contributed by atoms with Crippen LogP contribution in [-0.2, 0) is 9.09 Å². The maximum Gasteiger partial charge on any atom is 0.282 e. The van der Waals surface area contributed by atoms with Crippen molar-refractivity contribution in [1.29, 1.82) is 0 Å². The van der Waals surface area contributed by atoms with Gasteiger partial charge in [-0.25, -0.2) is 0 Å². The lowest BCUT2D eigenvalue weighted by Crippen LogP contribution is -2.13. The second kappa shape index (κ2) is 7.66. The molecule has 0 aliphatic rings. The molecule has 0 N–H and O–H groups in total. The summed E-state index contributed by atoms with van der Waals surface area (Å²) in [6.07, 6.45) is 0.132. The number of ether oxygens (including phenoxy) is 1. The van der Waals surface area contributed by atoms with Crippen LogP contribution in [0, 0.1) is 10.1 Å². The van der Waals surface area contributed by atoms with Crippen LogP contribution in [0.5, 0.6) is 11.5 Å². The minimum absolute atomic E-state index is 0.0169. The third-order valence-corrected chi connectivity index (χ3v) is 6.65. The predicted molar refractivity (Wildman–Crippen MR) is 97.1 cm³/mol. The van der Waals surface area contributed by atoms with Crippen LogP contribution in [0.25, 0.3) is 0 Å². The maximum absolute atomic E-state index is 12.8. The van der Waals surface area contributed by atoms with Crippen molar-refractivity contribution >= 4 is 45.9 Å². The van der Waals surface area contributed by atoms with Gasteiger partial charge >= 0.3 is 0 Å². The van der Waals surface area contributed by atoms with Crippen LogP contribution >= 0.6 is 34.9 Å². The van der Waals surface area contributed by atoms with Gasteiger partial charge in [0.25, 0.3) is 5.69 Å². The van der Waals surface area contributed by atoms with Crippen molar-refractivity contribution < 1.29 is 18.7 Å². The van der Waals surface area contributed by atoms with Crippen molar-refractivity contribution in [1.82, 2.24) is 0 Å². The molecular formula is C15H14BrClNO5P. The highest BCUT2D eigenvalue weighted by Crippen LogP contribution is 2.47. The zero-order valence-electron chi connectivity index (χ0n) is 12.9. The number of benzene rings is 2. The van der Waals surface area contributed by atoms with Gasteiger partial charge in [-0.15, -0.1) is 0 Å². The molecule has 0 saturated carbocycles. The standard InChI is InChI=1S/C15H14BrClNO5P/c1-3-24(21,22-2)15-9-11(5-6-13(15)18(19)20)23-14-7-4-10(16)8-12(14)17/h4-9H,3H2,1-2H3. The normalized spacial score (nSPS) is 13.3. The molecule has 2 aromatic carbocycles. The molecule has 0 radical (unpaired) electrons. The first kappa shape index (κ1) is 18.9. The average molecular weight is 435 g/mol. The molecule has 0 bridgehead atoms. The molecule has 0 amide bonds. The summed E-state index contributed by atoms with van der Waals surface area (Å²) in [5.41, 5.74) is -0.267. The van der Waals surface area contributed by atoms with Crippen molar-refractivity contribution in [3.63, 3.8) is 0 Å². The number of rotatable bonds is 6. The van der Waals surface area contributed by atoms with E-state index in [2.05, 4.69) is 15.9 Å². The Morgan fingerprint density at radius 1 is 1.29 bits per heavy atom. The lowest BCUT2D eigenvalue weighted by Gasteiger charge is -2.16. The lowest BCUT2D eigenvalue weighted by atomic mass is 10.3. The fraction of sp³-hybridized carbons (Fsp3) is 0.200. The molecule has 1 atom stereocenters. The second-order valence-corrected chi connectivity index (χ2v) is 8.91. The Morgan fingerprint density at radius 2 is 2.00 bits per heavy atom. The first-order valence-corrected chi connectivity index (χ1v) is 9.85. The summed E-state index contributed by atoms with van der Waals surface area (Å²) in [5.74, 6) is 0.661. The molecule has 0 fully saturated rings. The minimum Gasteiger partial charge on any atom is -0.456 e. The van der Waals surface area contributed by atoms with Crippen molar-refractivity contribution in [3.8, 4) is 11.5 Å². The Bertz CT molecular complexity index is 822. The van der Waals surface area contributed by atoms with Gasteiger partial charge in [0.2, 0.25) is 7.37 Å². The first-order valence-electron chi connectivity index (χ1n) is 6.87. The molecule has 2 rings (SSSR count). The number of nitro benzene ring substituents is 1. The molecule has 9 heteroatoms. The van der Waals surface area contributed by atoms with Gasteiger partial charge < -0.3 is 9.26 Å². The lowest BCUT2D eigenvalue weighted by molar-refractivity contribution is -0.383. The van der Waals surface area contributed by atoms with E-state index in [1.54, 1.807) is 25.1 Å². The number of nitro groups is 1. The third-order valence-electron chi connectivity index (χ3n) is 3.34. The van der Waals surface area contributed by atoms with E-state index >= 15 is 0 Å². The maximum atomic E-state index is 12.8. The van der Waals surface area contributed by atoms with Gasteiger partial charge in [0, 0.05) is 29.9 Å². The van der Waals surface area contributed by atoms with Gasteiger partial charge in [-0.05, 0) is 24.3 Å². The predicted octanol–water partition coefficient (Wildman–Crippen LogP) is 5.37. The summed E-state index contributed by atoms with van der Waals surface area (Å²) in [5, 5.41) is 11.6. The fourth-order valence-corrected chi connectivity index (χ4v) is 4.41. The minimum atomic E-state index is -3.34. The number of hydrogen-bond donors (Lipinski definition) is 0. The Morgan fingerprint density at radius 3 is 2.54 bits per heavy atom. The van der Waals surface area contributed by atoms with Crippen molar-refractivity contribution in [2.24, 2.45) is 0 Å². The summed E-state index contributed by atoms with van der Waals surface area (Å²) < 4.78 is 24.3. The van der Waals surface area contributed by atoms with Crippen LogP contribution in [0.15, 0.2) is 40.9 Å². The quantitative estimate of drug-likeness (QED) is 0.347. The number of hydrogen-bond acceptors (Lipinski definition) is 5. The molecule has 0 spiro atoms. The summed E-state index contributed by atoms with van der Waals surface area (Å²) in [4.78, 5) is 10.6. The van der Waals surface area contributed by atoms with Crippen molar-refractivity contribution in [2.45, 2.75) is 6.92 Å². The third kappa shape index (κ3) is 3.98.